The predicted octanol–water partition coefficient (Wildman–Crippen LogP) is 4.18. The van der Waals surface area contributed by atoms with E-state index in [1.165, 1.54) is 17.4 Å². The molecule has 5 nitrogen and oxygen atoms in total. The number of thiophene rings is 1. The molecule has 26 heavy (non-hydrogen) atoms. The summed E-state index contributed by atoms with van der Waals surface area (Å²) in [4.78, 5) is 37.4. The molecule has 0 bridgehead atoms. The highest BCUT2D eigenvalue weighted by molar-refractivity contribution is 7.14. The zero-order chi connectivity index (χ0) is 18.7. The predicted molar refractivity (Wildman–Crippen MR) is 99.6 cm³/mol. The van der Waals surface area contributed by atoms with Gasteiger partial charge in [-0.2, -0.15) is 0 Å². The summed E-state index contributed by atoms with van der Waals surface area (Å²) in [5.74, 6) is -0.540. The number of carbonyl (C=O) groups excluding carboxylic acids is 2. The van der Waals surface area contributed by atoms with Crippen LogP contribution in [0.15, 0.2) is 45.6 Å². The normalized spacial score (nSPS) is 10.8. The molecule has 0 radical (unpaired) electrons. The highest BCUT2D eigenvalue weighted by atomic mass is 32.1. The van der Waals surface area contributed by atoms with Crippen molar-refractivity contribution in [3.63, 3.8) is 0 Å². The number of carbonyl (C=O) groups is 2. The van der Waals surface area contributed by atoms with Crippen LogP contribution in [0.25, 0.3) is 11.0 Å². The summed E-state index contributed by atoms with van der Waals surface area (Å²) in [6.07, 6.45) is 0.115. The summed E-state index contributed by atoms with van der Waals surface area (Å²) in [6.45, 7) is 3.80. The quantitative estimate of drug-likeness (QED) is 0.370. The van der Waals surface area contributed by atoms with Crippen LogP contribution in [-0.4, -0.2) is 11.8 Å². The van der Waals surface area contributed by atoms with Crippen molar-refractivity contribution in [1.29, 1.82) is 0 Å². The van der Waals surface area contributed by atoms with Gasteiger partial charge in [0.15, 0.2) is 5.78 Å². The lowest BCUT2D eigenvalue weighted by Gasteiger charge is -2.07. The summed E-state index contributed by atoms with van der Waals surface area (Å²) < 4.78 is 10.4. The Morgan fingerprint density at radius 3 is 2.62 bits per heavy atom. The zero-order valence-corrected chi connectivity index (χ0v) is 15.4. The Balaban J connectivity index is 1.62. The van der Waals surface area contributed by atoms with E-state index in [-0.39, 0.29) is 25.2 Å². The Kier molecular flexibility index (Phi) is 5.32. The minimum absolute atomic E-state index is 0.00820. The van der Waals surface area contributed by atoms with E-state index in [0.717, 1.165) is 15.8 Å². The number of rotatable bonds is 6. The van der Waals surface area contributed by atoms with Crippen molar-refractivity contribution in [3.8, 4) is 0 Å². The van der Waals surface area contributed by atoms with Gasteiger partial charge in [0.2, 0.25) is 0 Å². The molecule has 0 amide bonds. The maximum Gasteiger partial charge on any atom is 0.336 e. The molecule has 2 aromatic heterocycles. The number of esters is 1. The molecule has 6 heteroatoms. The van der Waals surface area contributed by atoms with Crippen LogP contribution in [-0.2, 0) is 16.1 Å². The van der Waals surface area contributed by atoms with Crippen molar-refractivity contribution in [2.75, 3.05) is 0 Å². The standard InChI is InChI=1S/C20H18O5S/c1-12-3-5-15-14(10-20(23)25-17(15)9-12)11-24-19(22)8-6-16(21)18-7-4-13(2)26-18/h3-5,7,9-10H,6,8,11H2,1-2H3. The molecule has 0 aliphatic heterocycles. The summed E-state index contributed by atoms with van der Waals surface area (Å²) in [7, 11) is 0. The highest BCUT2D eigenvalue weighted by Gasteiger charge is 2.13. The van der Waals surface area contributed by atoms with Crippen molar-refractivity contribution in [3.05, 3.63) is 67.7 Å². The molecule has 3 aromatic rings. The lowest BCUT2D eigenvalue weighted by atomic mass is 10.1. The first kappa shape index (κ1) is 18.1. The lowest BCUT2D eigenvalue weighted by molar-refractivity contribution is -0.144. The summed E-state index contributed by atoms with van der Waals surface area (Å²) in [5.41, 5.74) is 1.53. The summed E-state index contributed by atoms with van der Waals surface area (Å²) >= 11 is 1.42. The summed E-state index contributed by atoms with van der Waals surface area (Å²) in [6, 6.07) is 10.5. The van der Waals surface area contributed by atoms with E-state index in [1.807, 2.05) is 32.0 Å². The molecule has 2 heterocycles. The average Bonchev–Trinajstić information content (AvgIpc) is 3.03. The number of aryl methyl sites for hydroxylation is 2. The van der Waals surface area contributed by atoms with Gasteiger partial charge in [0.25, 0.3) is 0 Å². The van der Waals surface area contributed by atoms with Crippen molar-refractivity contribution in [2.24, 2.45) is 0 Å². The van der Waals surface area contributed by atoms with Crippen molar-refractivity contribution >= 4 is 34.1 Å². The Morgan fingerprint density at radius 2 is 1.88 bits per heavy atom. The van der Waals surface area contributed by atoms with Gasteiger partial charge in [-0.05, 0) is 37.6 Å². The molecule has 0 saturated carbocycles. The zero-order valence-electron chi connectivity index (χ0n) is 14.5. The number of ether oxygens (including phenoxy) is 1. The van der Waals surface area contributed by atoms with Gasteiger partial charge in [-0.15, -0.1) is 11.3 Å². The molecule has 0 atom stereocenters. The van der Waals surface area contributed by atoms with Crippen molar-refractivity contribution in [2.45, 2.75) is 33.3 Å². The van der Waals surface area contributed by atoms with E-state index in [4.69, 9.17) is 9.15 Å². The molecule has 0 aliphatic carbocycles. The smallest absolute Gasteiger partial charge is 0.336 e. The van der Waals surface area contributed by atoms with Crippen molar-refractivity contribution < 1.29 is 18.7 Å². The topological polar surface area (TPSA) is 73.6 Å². The van der Waals surface area contributed by atoms with E-state index in [9.17, 15) is 14.4 Å². The molecule has 0 spiro atoms. The molecule has 134 valence electrons. The Labute approximate surface area is 154 Å². The van der Waals surface area contributed by atoms with Gasteiger partial charge < -0.3 is 9.15 Å². The van der Waals surface area contributed by atoms with Crippen LogP contribution in [0.4, 0.5) is 0 Å². The maximum absolute atomic E-state index is 12.0. The molecule has 3 rings (SSSR count). The molecular weight excluding hydrogens is 352 g/mol. The van der Waals surface area contributed by atoms with Gasteiger partial charge in [0.05, 0.1) is 11.3 Å². The van der Waals surface area contributed by atoms with Crippen LogP contribution >= 0.6 is 11.3 Å². The average molecular weight is 370 g/mol. The SMILES string of the molecule is Cc1ccc2c(COC(=O)CCC(=O)c3ccc(C)s3)cc(=O)oc2c1. The number of benzene rings is 1. The first-order valence-corrected chi connectivity index (χ1v) is 9.02. The number of Topliss-reactive ketones (excluding diaryl/α,β-unsaturated/α-hetero) is 1. The van der Waals surface area contributed by atoms with E-state index in [1.54, 1.807) is 12.1 Å². The Morgan fingerprint density at radius 1 is 1.08 bits per heavy atom. The van der Waals surface area contributed by atoms with E-state index in [0.29, 0.717) is 16.0 Å². The van der Waals surface area contributed by atoms with Crippen LogP contribution in [0.3, 0.4) is 0 Å². The second-order valence-electron chi connectivity index (χ2n) is 6.08. The monoisotopic (exact) mass is 370 g/mol. The maximum atomic E-state index is 12.0. The van der Waals surface area contributed by atoms with Gasteiger partial charge in [0.1, 0.15) is 12.2 Å². The van der Waals surface area contributed by atoms with Gasteiger partial charge >= 0.3 is 11.6 Å². The molecule has 0 N–H and O–H groups in total. The third-order valence-corrected chi connectivity index (χ3v) is 4.99. The van der Waals surface area contributed by atoms with Crippen LogP contribution in [0.5, 0.6) is 0 Å². The van der Waals surface area contributed by atoms with Crippen LogP contribution in [0.1, 0.15) is 38.5 Å². The number of hydrogen-bond acceptors (Lipinski definition) is 6. The first-order valence-electron chi connectivity index (χ1n) is 8.21. The molecule has 0 aliphatic rings. The number of ketones is 1. The Bertz CT molecular complexity index is 1030. The van der Waals surface area contributed by atoms with Gasteiger partial charge in [0, 0.05) is 28.3 Å². The van der Waals surface area contributed by atoms with E-state index < -0.39 is 11.6 Å². The minimum atomic E-state index is -0.489. The lowest BCUT2D eigenvalue weighted by Crippen LogP contribution is -2.09. The number of hydrogen-bond donors (Lipinski definition) is 0. The van der Waals surface area contributed by atoms with Gasteiger partial charge in [-0.1, -0.05) is 12.1 Å². The highest BCUT2D eigenvalue weighted by Crippen LogP contribution is 2.20. The third-order valence-electron chi connectivity index (χ3n) is 3.95. The second kappa shape index (κ2) is 7.66. The second-order valence-corrected chi connectivity index (χ2v) is 7.37. The third kappa shape index (κ3) is 4.26. The van der Waals surface area contributed by atoms with Crippen LogP contribution in [0, 0.1) is 13.8 Å². The Hall–Kier alpha value is -2.73. The number of fused-ring (bicyclic) bond motifs is 1. The fourth-order valence-electron chi connectivity index (χ4n) is 2.61. The fraction of sp³-hybridized carbons (Fsp3) is 0.250. The largest absolute Gasteiger partial charge is 0.461 e. The first-order chi connectivity index (χ1) is 12.4. The molecule has 1 aromatic carbocycles. The summed E-state index contributed by atoms with van der Waals surface area (Å²) in [5, 5.41) is 0.730. The van der Waals surface area contributed by atoms with Crippen LogP contribution < -0.4 is 5.63 Å². The molecule has 0 unspecified atom stereocenters. The fourth-order valence-corrected chi connectivity index (χ4v) is 3.45. The minimum Gasteiger partial charge on any atom is -0.461 e. The van der Waals surface area contributed by atoms with E-state index in [2.05, 4.69) is 0 Å². The van der Waals surface area contributed by atoms with Crippen molar-refractivity contribution in [1.82, 2.24) is 0 Å². The molecular formula is C20H18O5S. The van der Waals surface area contributed by atoms with Crippen LogP contribution in [0.2, 0.25) is 0 Å². The van der Waals surface area contributed by atoms with E-state index >= 15 is 0 Å². The molecule has 0 saturated heterocycles. The van der Waals surface area contributed by atoms with Gasteiger partial charge in [-0.25, -0.2) is 4.79 Å². The van der Waals surface area contributed by atoms with Gasteiger partial charge in [-0.3, -0.25) is 9.59 Å². The molecule has 0 fully saturated rings.